The second-order valence-corrected chi connectivity index (χ2v) is 9.38. The van der Waals surface area contributed by atoms with Crippen molar-refractivity contribution in [1.29, 1.82) is 0 Å². The summed E-state index contributed by atoms with van der Waals surface area (Å²) < 4.78 is 0. The predicted molar refractivity (Wildman–Crippen MR) is 81.3 cm³/mol. The zero-order chi connectivity index (χ0) is 13.9. The van der Waals surface area contributed by atoms with E-state index in [1.54, 1.807) is 0 Å². The largest absolute Gasteiger partial charge is 0.350 e. The molecule has 3 atom stereocenters. The highest BCUT2D eigenvalue weighted by molar-refractivity contribution is 9.10. The summed E-state index contributed by atoms with van der Waals surface area (Å²) in [6.45, 7) is 6.95. The summed E-state index contributed by atoms with van der Waals surface area (Å²) in [5.74, 6) is 1.04. The molecule has 108 valence electrons. The number of carbonyl (C=O) groups excluding carboxylic acids is 1. The van der Waals surface area contributed by atoms with Gasteiger partial charge in [-0.2, -0.15) is 0 Å². The zero-order valence-electron chi connectivity index (χ0n) is 12.4. The van der Waals surface area contributed by atoms with E-state index < -0.39 is 0 Å². The van der Waals surface area contributed by atoms with Gasteiger partial charge in [-0.15, -0.1) is 0 Å². The van der Waals surface area contributed by atoms with E-state index in [1.165, 1.54) is 38.5 Å². The summed E-state index contributed by atoms with van der Waals surface area (Å²) in [5, 5.41) is 3.44. The smallest absolute Gasteiger partial charge is 0.234 e. The monoisotopic (exact) mass is 327 g/mol. The highest BCUT2D eigenvalue weighted by Crippen LogP contribution is 2.66. The van der Waals surface area contributed by atoms with Crippen LogP contribution in [0.15, 0.2) is 0 Å². The van der Waals surface area contributed by atoms with Gasteiger partial charge in [0.2, 0.25) is 5.91 Å². The maximum Gasteiger partial charge on any atom is 0.234 e. The van der Waals surface area contributed by atoms with Crippen molar-refractivity contribution in [3.63, 3.8) is 0 Å². The molecule has 1 N–H and O–H groups in total. The Balaban J connectivity index is 1.83. The van der Waals surface area contributed by atoms with Gasteiger partial charge in [0.1, 0.15) is 0 Å². The van der Waals surface area contributed by atoms with Crippen LogP contribution < -0.4 is 5.32 Å². The first-order valence-electron chi connectivity index (χ1n) is 7.73. The fourth-order valence-electron chi connectivity index (χ4n) is 6.11. The summed E-state index contributed by atoms with van der Waals surface area (Å²) in [6, 6.07) is 0. The minimum Gasteiger partial charge on any atom is -0.350 e. The molecule has 4 bridgehead atoms. The highest BCUT2D eigenvalue weighted by atomic mass is 79.9. The summed E-state index contributed by atoms with van der Waals surface area (Å²) in [6.07, 6.45) is 8.59. The van der Waals surface area contributed by atoms with Gasteiger partial charge < -0.3 is 5.32 Å². The van der Waals surface area contributed by atoms with Crippen molar-refractivity contribution in [3.8, 4) is 0 Å². The standard InChI is InChI=1S/C16H26BrNO/c1-4-12(17)13(19)18-16-7-11-5-14(2,9-16)8-15(3,6-11)10-16/h11-12H,4-10H2,1-3H3,(H,18,19). The average Bonchev–Trinajstić information content (AvgIpc) is 2.21. The topological polar surface area (TPSA) is 29.1 Å². The molecule has 4 aliphatic carbocycles. The number of nitrogens with one attached hydrogen (secondary N) is 1. The molecule has 4 fully saturated rings. The second-order valence-electron chi connectivity index (χ2n) is 8.28. The lowest BCUT2D eigenvalue weighted by atomic mass is 9.43. The predicted octanol–water partition coefficient (Wildman–Crippen LogP) is 4.03. The van der Waals surface area contributed by atoms with Crippen molar-refractivity contribution in [3.05, 3.63) is 0 Å². The SMILES string of the molecule is CCC(Br)C(=O)NC12CC3CC(C)(CC(C)(C3)C1)C2. The first-order chi connectivity index (χ1) is 8.77. The van der Waals surface area contributed by atoms with E-state index in [-0.39, 0.29) is 16.3 Å². The van der Waals surface area contributed by atoms with Crippen molar-refractivity contribution >= 4 is 21.8 Å². The Hall–Kier alpha value is -0.0500. The minimum absolute atomic E-state index is 0.0267. The molecule has 1 amide bonds. The summed E-state index contributed by atoms with van der Waals surface area (Å²) in [4.78, 5) is 12.3. The summed E-state index contributed by atoms with van der Waals surface area (Å²) in [7, 11) is 0. The van der Waals surface area contributed by atoms with Crippen LogP contribution in [0.4, 0.5) is 0 Å². The number of hydrogen-bond acceptors (Lipinski definition) is 1. The van der Waals surface area contributed by atoms with E-state index >= 15 is 0 Å². The Morgan fingerprint density at radius 2 is 1.79 bits per heavy atom. The lowest BCUT2D eigenvalue weighted by molar-refractivity contribution is -0.139. The summed E-state index contributed by atoms with van der Waals surface area (Å²) >= 11 is 3.50. The van der Waals surface area contributed by atoms with Crippen LogP contribution in [-0.4, -0.2) is 16.3 Å². The van der Waals surface area contributed by atoms with Crippen LogP contribution in [-0.2, 0) is 4.79 Å². The van der Waals surface area contributed by atoms with E-state index in [0.717, 1.165) is 12.3 Å². The van der Waals surface area contributed by atoms with Gasteiger partial charge in [0.25, 0.3) is 0 Å². The van der Waals surface area contributed by atoms with E-state index in [4.69, 9.17) is 0 Å². The van der Waals surface area contributed by atoms with Gasteiger partial charge in [-0.1, -0.05) is 36.7 Å². The van der Waals surface area contributed by atoms with Crippen molar-refractivity contribution in [1.82, 2.24) is 5.32 Å². The van der Waals surface area contributed by atoms with Crippen LogP contribution in [0, 0.1) is 16.7 Å². The molecule has 0 aromatic rings. The molecule has 4 rings (SSSR count). The molecule has 3 unspecified atom stereocenters. The van der Waals surface area contributed by atoms with E-state index in [1.807, 2.05) is 0 Å². The number of hydrogen-bond donors (Lipinski definition) is 1. The third kappa shape index (κ3) is 2.36. The van der Waals surface area contributed by atoms with Crippen LogP contribution in [0.3, 0.4) is 0 Å². The third-order valence-corrected chi connectivity index (χ3v) is 6.72. The van der Waals surface area contributed by atoms with Crippen molar-refractivity contribution in [2.24, 2.45) is 16.7 Å². The molecule has 4 aliphatic rings. The molecular formula is C16H26BrNO. The number of amides is 1. The number of carbonyl (C=O) groups is 1. The fraction of sp³-hybridized carbons (Fsp3) is 0.938. The normalized spacial score (nSPS) is 49.2. The lowest BCUT2D eigenvalue weighted by Crippen LogP contribution is -2.65. The molecule has 0 heterocycles. The van der Waals surface area contributed by atoms with Gasteiger partial charge in [0, 0.05) is 5.54 Å². The Kier molecular flexibility index (Phi) is 3.09. The molecule has 0 aromatic heterocycles. The van der Waals surface area contributed by atoms with Gasteiger partial charge >= 0.3 is 0 Å². The highest BCUT2D eigenvalue weighted by Gasteiger charge is 2.60. The minimum atomic E-state index is -0.0267. The fourth-order valence-corrected chi connectivity index (χ4v) is 6.23. The van der Waals surface area contributed by atoms with Gasteiger partial charge in [0.05, 0.1) is 4.83 Å². The van der Waals surface area contributed by atoms with Crippen molar-refractivity contribution in [2.75, 3.05) is 0 Å². The quantitative estimate of drug-likeness (QED) is 0.779. The first-order valence-corrected chi connectivity index (χ1v) is 8.65. The molecule has 0 spiro atoms. The Morgan fingerprint density at radius 3 is 2.26 bits per heavy atom. The van der Waals surface area contributed by atoms with Crippen LogP contribution in [0.2, 0.25) is 0 Å². The lowest BCUT2D eigenvalue weighted by Gasteiger charge is -2.65. The maximum atomic E-state index is 12.3. The Labute approximate surface area is 125 Å². The molecule has 2 nitrogen and oxygen atoms in total. The maximum absolute atomic E-state index is 12.3. The number of alkyl halides is 1. The average molecular weight is 328 g/mol. The van der Waals surface area contributed by atoms with E-state index in [2.05, 4.69) is 42.0 Å². The molecule has 4 saturated carbocycles. The first kappa shape index (κ1) is 13.9. The molecule has 0 saturated heterocycles. The van der Waals surface area contributed by atoms with Gasteiger partial charge in [0.15, 0.2) is 0 Å². The van der Waals surface area contributed by atoms with Crippen molar-refractivity contribution < 1.29 is 4.79 Å². The van der Waals surface area contributed by atoms with E-state index in [0.29, 0.717) is 10.8 Å². The second kappa shape index (κ2) is 4.22. The third-order valence-electron chi connectivity index (χ3n) is 5.66. The Morgan fingerprint density at radius 1 is 1.21 bits per heavy atom. The zero-order valence-corrected chi connectivity index (χ0v) is 14.0. The van der Waals surface area contributed by atoms with E-state index in [9.17, 15) is 4.79 Å². The van der Waals surface area contributed by atoms with Crippen molar-refractivity contribution in [2.45, 2.75) is 76.1 Å². The van der Waals surface area contributed by atoms with Gasteiger partial charge in [-0.3, -0.25) is 4.79 Å². The number of halogens is 1. The molecule has 3 heteroatoms. The van der Waals surface area contributed by atoms with Gasteiger partial charge in [-0.05, 0) is 61.7 Å². The van der Waals surface area contributed by atoms with Crippen LogP contribution in [0.5, 0.6) is 0 Å². The van der Waals surface area contributed by atoms with Crippen LogP contribution in [0.1, 0.15) is 65.7 Å². The molecule has 0 radical (unpaired) electrons. The van der Waals surface area contributed by atoms with Crippen LogP contribution >= 0.6 is 15.9 Å². The molecule has 19 heavy (non-hydrogen) atoms. The van der Waals surface area contributed by atoms with Crippen LogP contribution in [0.25, 0.3) is 0 Å². The molecule has 0 aromatic carbocycles. The number of rotatable bonds is 3. The Bertz CT molecular complexity index is 390. The van der Waals surface area contributed by atoms with Gasteiger partial charge in [-0.25, -0.2) is 0 Å². The molecular weight excluding hydrogens is 302 g/mol. The molecule has 0 aliphatic heterocycles. The summed E-state index contributed by atoms with van der Waals surface area (Å²) in [5.41, 5.74) is 1.03.